The third-order valence-electron chi connectivity index (χ3n) is 2.37. The van der Waals surface area contributed by atoms with Gasteiger partial charge in [0.15, 0.2) is 0 Å². The van der Waals surface area contributed by atoms with Crippen molar-refractivity contribution in [1.29, 1.82) is 0 Å². The van der Waals surface area contributed by atoms with Gasteiger partial charge in [-0.1, -0.05) is 13.8 Å². The van der Waals surface area contributed by atoms with Crippen LogP contribution in [-0.4, -0.2) is 21.2 Å². The van der Waals surface area contributed by atoms with Gasteiger partial charge in [-0.3, -0.25) is 10.1 Å². The molecule has 0 aromatic carbocycles. The molecule has 16 heavy (non-hydrogen) atoms. The molecule has 0 aliphatic carbocycles. The summed E-state index contributed by atoms with van der Waals surface area (Å²) in [6.45, 7) is 5.08. The van der Waals surface area contributed by atoms with Crippen molar-refractivity contribution in [2.24, 2.45) is 0 Å². The molecule has 4 heteroatoms. The lowest BCUT2D eigenvalue weighted by Gasteiger charge is -2.07. The minimum Gasteiger partial charge on any atom is -0.310 e. The fourth-order valence-corrected chi connectivity index (χ4v) is 1.52. The molecular weight excluding hydrogens is 200 g/mol. The monoisotopic (exact) mass is 216 g/mol. The molecule has 0 atom stereocenters. The van der Waals surface area contributed by atoms with Crippen molar-refractivity contribution in [3.8, 4) is 11.3 Å². The molecule has 2 aromatic heterocycles. The van der Waals surface area contributed by atoms with Gasteiger partial charge in [-0.15, -0.1) is 0 Å². The average Bonchev–Trinajstić information content (AvgIpc) is 2.75. The zero-order valence-electron chi connectivity index (χ0n) is 9.57. The van der Waals surface area contributed by atoms with Crippen LogP contribution in [0.15, 0.2) is 30.7 Å². The maximum atomic E-state index is 4.11. The van der Waals surface area contributed by atoms with Crippen LogP contribution in [0.4, 0.5) is 0 Å². The first-order chi connectivity index (χ1) is 7.77. The van der Waals surface area contributed by atoms with Gasteiger partial charge in [0.25, 0.3) is 0 Å². The molecule has 2 aromatic rings. The van der Waals surface area contributed by atoms with Crippen LogP contribution in [0.3, 0.4) is 0 Å². The van der Waals surface area contributed by atoms with E-state index in [1.165, 1.54) is 5.56 Å². The zero-order chi connectivity index (χ0) is 11.4. The number of nitrogens with zero attached hydrogens (tertiary/aromatic N) is 2. The molecule has 0 aliphatic rings. The predicted octanol–water partition coefficient (Wildman–Crippen LogP) is 1.97. The molecule has 0 radical (unpaired) electrons. The highest BCUT2D eigenvalue weighted by atomic mass is 15.1. The Morgan fingerprint density at radius 1 is 1.38 bits per heavy atom. The number of aromatic nitrogens is 3. The van der Waals surface area contributed by atoms with E-state index in [0.717, 1.165) is 17.8 Å². The number of hydrogen-bond donors (Lipinski definition) is 2. The van der Waals surface area contributed by atoms with Gasteiger partial charge >= 0.3 is 0 Å². The molecule has 0 saturated carbocycles. The summed E-state index contributed by atoms with van der Waals surface area (Å²) in [6.07, 6.45) is 5.47. The van der Waals surface area contributed by atoms with Gasteiger partial charge in [-0.25, -0.2) is 0 Å². The lowest BCUT2D eigenvalue weighted by Crippen LogP contribution is -2.21. The van der Waals surface area contributed by atoms with E-state index in [1.54, 1.807) is 6.20 Å². The number of hydrogen-bond acceptors (Lipinski definition) is 3. The normalized spacial score (nSPS) is 10.9. The van der Waals surface area contributed by atoms with Crippen LogP contribution in [-0.2, 0) is 6.54 Å². The van der Waals surface area contributed by atoms with E-state index in [0.29, 0.717) is 6.04 Å². The number of rotatable bonds is 4. The molecule has 0 spiro atoms. The maximum absolute atomic E-state index is 4.11. The van der Waals surface area contributed by atoms with Crippen molar-refractivity contribution in [3.63, 3.8) is 0 Å². The Kier molecular flexibility index (Phi) is 3.31. The van der Waals surface area contributed by atoms with Crippen LogP contribution < -0.4 is 5.32 Å². The summed E-state index contributed by atoms with van der Waals surface area (Å²) in [6, 6.07) is 4.42. The average molecular weight is 216 g/mol. The summed E-state index contributed by atoms with van der Waals surface area (Å²) in [5, 5.41) is 10.5. The van der Waals surface area contributed by atoms with Gasteiger partial charge < -0.3 is 5.32 Å². The van der Waals surface area contributed by atoms with Gasteiger partial charge in [-0.05, 0) is 12.1 Å². The van der Waals surface area contributed by atoms with Crippen molar-refractivity contribution in [2.75, 3.05) is 0 Å². The SMILES string of the molecule is CC(C)NCc1cn[nH]c1-c1cccnc1. The van der Waals surface area contributed by atoms with Crippen molar-refractivity contribution >= 4 is 0 Å². The third kappa shape index (κ3) is 2.46. The predicted molar refractivity (Wildman–Crippen MR) is 63.8 cm³/mol. The summed E-state index contributed by atoms with van der Waals surface area (Å²) in [7, 11) is 0. The standard InChI is InChI=1S/C12H16N4/c1-9(2)14-7-11-8-15-16-12(11)10-4-3-5-13-6-10/h3-6,8-9,14H,7H2,1-2H3,(H,15,16). The summed E-state index contributed by atoms with van der Waals surface area (Å²) in [4.78, 5) is 4.11. The van der Waals surface area contributed by atoms with Gasteiger partial charge in [0.05, 0.1) is 11.9 Å². The quantitative estimate of drug-likeness (QED) is 0.821. The second kappa shape index (κ2) is 4.90. The Balaban J connectivity index is 2.19. The van der Waals surface area contributed by atoms with Gasteiger partial charge in [0.2, 0.25) is 0 Å². The van der Waals surface area contributed by atoms with Crippen LogP contribution >= 0.6 is 0 Å². The van der Waals surface area contributed by atoms with E-state index in [9.17, 15) is 0 Å². The lowest BCUT2D eigenvalue weighted by molar-refractivity contribution is 0.589. The minimum atomic E-state index is 0.469. The Hall–Kier alpha value is -1.68. The van der Waals surface area contributed by atoms with E-state index in [1.807, 2.05) is 24.5 Å². The highest BCUT2D eigenvalue weighted by Gasteiger charge is 2.07. The second-order valence-electron chi connectivity index (χ2n) is 4.05. The Morgan fingerprint density at radius 3 is 2.94 bits per heavy atom. The minimum absolute atomic E-state index is 0.469. The molecule has 0 fully saturated rings. The van der Waals surface area contributed by atoms with E-state index >= 15 is 0 Å². The first kappa shape index (κ1) is 10.8. The lowest BCUT2D eigenvalue weighted by atomic mass is 10.1. The van der Waals surface area contributed by atoms with Crippen LogP contribution in [0.2, 0.25) is 0 Å². The van der Waals surface area contributed by atoms with Crippen LogP contribution in [0.25, 0.3) is 11.3 Å². The smallest absolute Gasteiger partial charge is 0.0710 e. The highest BCUT2D eigenvalue weighted by molar-refractivity contribution is 5.61. The molecular formula is C12H16N4. The number of pyridine rings is 1. The number of aromatic amines is 1. The van der Waals surface area contributed by atoms with E-state index < -0.39 is 0 Å². The first-order valence-corrected chi connectivity index (χ1v) is 5.43. The molecule has 0 aliphatic heterocycles. The summed E-state index contributed by atoms with van der Waals surface area (Å²) >= 11 is 0. The molecule has 84 valence electrons. The summed E-state index contributed by atoms with van der Waals surface area (Å²) in [5.41, 5.74) is 3.28. The molecule has 0 bridgehead atoms. The fourth-order valence-electron chi connectivity index (χ4n) is 1.52. The molecule has 2 rings (SSSR count). The molecule has 0 unspecified atom stereocenters. The van der Waals surface area contributed by atoms with E-state index in [4.69, 9.17) is 0 Å². The van der Waals surface area contributed by atoms with Crippen molar-refractivity contribution in [2.45, 2.75) is 26.4 Å². The van der Waals surface area contributed by atoms with Crippen LogP contribution in [0, 0.1) is 0 Å². The molecule has 0 amide bonds. The summed E-state index contributed by atoms with van der Waals surface area (Å²) < 4.78 is 0. The Morgan fingerprint density at radius 2 is 2.25 bits per heavy atom. The van der Waals surface area contributed by atoms with Crippen molar-refractivity contribution < 1.29 is 0 Å². The molecule has 2 heterocycles. The van der Waals surface area contributed by atoms with Crippen molar-refractivity contribution in [1.82, 2.24) is 20.5 Å². The molecule has 0 saturated heterocycles. The zero-order valence-corrected chi connectivity index (χ0v) is 9.57. The third-order valence-corrected chi connectivity index (χ3v) is 2.37. The fraction of sp³-hybridized carbons (Fsp3) is 0.333. The van der Waals surface area contributed by atoms with Crippen LogP contribution in [0.5, 0.6) is 0 Å². The highest BCUT2D eigenvalue weighted by Crippen LogP contribution is 2.19. The molecule has 2 N–H and O–H groups in total. The van der Waals surface area contributed by atoms with Crippen LogP contribution in [0.1, 0.15) is 19.4 Å². The largest absolute Gasteiger partial charge is 0.310 e. The van der Waals surface area contributed by atoms with E-state index in [2.05, 4.69) is 34.3 Å². The topological polar surface area (TPSA) is 53.6 Å². The van der Waals surface area contributed by atoms with Gasteiger partial charge in [-0.2, -0.15) is 5.10 Å². The number of nitrogens with one attached hydrogen (secondary N) is 2. The van der Waals surface area contributed by atoms with Gasteiger partial charge in [0.1, 0.15) is 0 Å². The maximum Gasteiger partial charge on any atom is 0.0710 e. The van der Waals surface area contributed by atoms with Gasteiger partial charge in [0, 0.05) is 36.1 Å². The number of H-pyrrole nitrogens is 1. The molecule has 4 nitrogen and oxygen atoms in total. The summed E-state index contributed by atoms with van der Waals surface area (Å²) in [5.74, 6) is 0. The Labute approximate surface area is 95.1 Å². The van der Waals surface area contributed by atoms with E-state index in [-0.39, 0.29) is 0 Å². The second-order valence-corrected chi connectivity index (χ2v) is 4.05. The first-order valence-electron chi connectivity index (χ1n) is 5.43. The van der Waals surface area contributed by atoms with Crippen molar-refractivity contribution in [3.05, 3.63) is 36.3 Å². The Bertz CT molecular complexity index is 433.